The van der Waals surface area contributed by atoms with Crippen molar-refractivity contribution in [3.8, 4) is 0 Å². The van der Waals surface area contributed by atoms with Gasteiger partial charge in [0.25, 0.3) is 0 Å². The van der Waals surface area contributed by atoms with E-state index in [1.165, 1.54) is 263 Å². The van der Waals surface area contributed by atoms with Crippen LogP contribution in [0.3, 0.4) is 0 Å². The summed E-state index contributed by atoms with van der Waals surface area (Å²) < 4.78 is 34.5. The molecule has 3 rings (SSSR count). The van der Waals surface area contributed by atoms with E-state index in [4.69, 9.17) is 28.4 Å². The highest BCUT2D eigenvalue weighted by Crippen LogP contribution is 2.33. The van der Waals surface area contributed by atoms with Crippen molar-refractivity contribution in [3.05, 3.63) is 0 Å². The molecule has 0 aromatic carbocycles. The molecule has 3 aliphatic heterocycles. The number of aliphatic hydroxyl groups is 11. The van der Waals surface area contributed by atoms with Crippen molar-refractivity contribution in [1.82, 2.24) is 5.32 Å². The normalized spacial score (nSPS) is 27.3. The van der Waals surface area contributed by atoms with Crippen molar-refractivity contribution in [3.63, 3.8) is 0 Å². The molecule has 0 bridgehead atoms. The Labute approximate surface area is 570 Å². The van der Waals surface area contributed by atoms with Crippen LogP contribution in [0.2, 0.25) is 0 Å². The molecule has 17 atom stereocenters. The molecule has 3 saturated heterocycles. The van der Waals surface area contributed by atoms with Crippen molar-refractivity contribution >= 4 is 5.91 Å². The molecule has 12 N–H and O–H groups in total. The Bertz CT molecular complexity index is 1700. The van der Waals surface area contributed by atoms with Crippen LogP contribution in [-0.2, 0) is 33.2 Å². The maximum absolute atomic E-state index is 13.5. The average Bonchev–Trinajstić information content (AvgIpc) is 0.787. The molecular weight excluding hydrogens is 1200 g/mol. The molecule has 0 radical (unpaired) electrons. The summed E-state index contributed by atoms with van der Waals surface area (Å²) in [5, 5.41) is 121. The lowest BCUT2D eigenvalue weighted by atomic mass is 9.96. The van der Waals surface area contributed by atoms with E-state index in [0.717, 1.165) is 44.9 Å². The number of hydrogen-bond acceptors (Lipinski definition) is 18. The number of rotatable bonds is 63. The fourth-order valence-electron chi connectivity index (χ4n) is 13.8. The van der Waals surface area contributed by atoms with Gasteiger partial charge in [0.05, 0.1) is 38.6 Å². The second-order valence-electron chi connectivity index (χ2n) is 28.5. The Hall–Kier alpha value is -1.21. The van der Waals surface area contributed by atoms with Crippen LogP contribution in [0.25, 0.3) is 0 Å². The Kier molecular flexibility index (Phi) is 53.1. The van der Waals surface area contributed by atoms with Gasteiger partial charge in [0, 0.05) is 6.42 Å². The minimum Gasteiger partial charge on any atom is -0.394 e. The van der Waals surface area contributed by atoms with Crippen LogP contribution in [0, 0.1) is 0 Å². The monoisotopic (exact) mass is 1350 g/mol. The van der Waals surface area contributed by atoms with Crippen molar-refractivity contribution in [2.45, 2.75) is 446 Å². The molecular formula is C75H145NO18. The highest BCUT2D eigenvalue weighted by Gasteiger charge is 2.54. The number of ether oxygens (including phenoxy) is 6. The molecule has 19 nitrogen and oxygen atoms in total. The van der Waals surface area contributed by atoms with E-state index < -0.39 is 124 Å². The maximum atomic E-state index is 13.5. The number of unbranched alkanes of at least 4 members (excludes halogenated alkanes) is 47. The Morgan fingerprint density at radius 3 is 0.926 bits per heavy atom. The van der Waals surface area contributed by atoms with Gasteiger partial charge in [0.1, 0.15) is 73.2 Å². The molecule has 3 aliphatic rings. The van der Waals surface area contributed by atoms with Crippen LogP contribution >= 0.6 is 0 Å². The van der Waals surface area contributed by atoms with Crippen LogP contribution in [0.5, 0.6) is 0 Å². The van der Waals surface area contributed by atoms with Gasteiger partial charge in [-0.3, -0.25) is 4.79 Å². The molecule has 3 heterocycles. The Morgan fingerprint density at radius 1 is 0.340 bits per heavy atom. The third-order valence-corrected chi connectivity index (χ3v) is 20.2. The minimum atomic E-state index is -1.97. The van der Waals surface area contributed by atoms with Crippen LogP contribution in [0.1, 0.15) is 341 Å². The third kappa shape index (κ3) is 38.0. The summed E-state index contributed by atoms with van der Waals surface area (Å²) in [6.07, 6.45) is 37.6. The van der Waals surface area contributed by atoms with E-state index in [9.17, 15) is 61.0 Å². The summed E-state index contributed by atoms with van der Waals surface area (Å²) in [5.74, 6) is -0.233. The maximum Gasteiger partial charge on any atom is 0.220 e. The summed E-state index contributed by atoms with van der Waals surface area (Å²) in [6, 6.07) is -0.883. The molecule has 1 amide bonds. The van der Waals surface area contributed by atoms with E-state index in [-0.39, 0.29) is 18.9 Å². The zero-order valence-corrected chi connectivity index (χ0v) is 59.5. The van der Waals surface area contributed by atoms with Crippen LogP contribution < -0.4 is 5.32 Å². The molecule has 0 aliphatic carbocycles. The highest BCUT2D eigenvalue weighted by atomic mass is 16.8. The fourth-order valence-corrected chi connectivity index (χ4v) is 13.8. The lowest BCUT2D eigenvalue weighted by Gasteiger charge is -2.48. The summed E-state index contributed by atoms with van der Waals surface area (Å²) in [4.78, 5) is 13.5. The molecule has 19 heteroatoms. The average molecular weight is 1350 g/mol. The summed E-state index contributed by atoms with van der Waals surface area (Å²) in [5.41, 5.74) is 0. The number of aliphatic hydroxyl groups excluding tert-OH is 11. The van der Waals surface area contributed by atoms with Gasteiger partial charge in [0.2, 0.25) is 5.91 Å². The molecule has 0 saturated carbocycles. The van der Waals surface area contributed by atoms with Gasteiger partial charge in [-0.2, -0.15) is 0 Å². The van der Waals surface area contributed by atoms with Crippen LogP contribution in [0.4, 0.5) is 0 Å². The quantitative estimate of drug-likeness (QED) is 0.0252. The standard InChI is InChI=1S/C75H145NO18/c1-3-5-7-9-11-13-15-17-19-21-23-25-26-27-28-29-30-31-32-33-35-37-39-41-43-45-47-49-51-53-63(81)76-58(59(80)52-50-48-46-44-42-40-38-36-34-24-22-20-18-16-14-12-10-8-6-4-2)57-89-73-69(87)66(84)71(61(55-78)91-73)94-75-70(88)67(85)72(62(56-79)92-75)93-74-68(86)65(83)64(82)60(54-77)90-74/h58-62,64-75,77-80,82-88H,3-57H2,1-2H3,(H,76,81). The number of amides is 1. The second kappa shape index (κ2) is 57.4. The molecule has 0 spiro atoms. The van der Waals surface area contributed by atoms with Gasteiger partial charge in [0.15, 0.2) is 18.9 Å². The lowest BCUT2D eigenvalue weighted by molar-refractivity contribution is -0.379. The van der Waals surface area contributed by atoms with Crippen molar-refractivity contribution in [1.29, 1.82) is 0 Å². The molecule has 94 heavy (non-hydrogen) atoms. The smallest absolute Gasteiger partial charge is 0.220 e. The topological polar surface area (TPSA) is 307 Å². The number of carbonyl (C=O) groups is 1. The van der Waals surface area contributed by atoms with E-state index in [2.05, 4.69) is 19.2 Å². The molecule has 17 unspecified atom stereocenters. The van der Waals surface area contributed by atoms with E-state index in [0.29, 0.717) is 12.8 Å². The minimum absolute atomic E-state index is 0.233. The van der Waals surface area contributed by atoms with Crippen molar-refractivity contribution in [2.75, 3.05) is 26.4 Å². The van der Waals surface area contributed by atoms with Crippen LogP contribution in [0.15, 0.2) is 0 Å². The first-order valence-corrected chi connectivity index (χ1v) is 39.3. The predicted molar refractivity (Wildman–Crippen MR) is 370 cm³/mol. The third-order valence-electron chi connectivity index (χ3n) is 20.2. The van der Waals surface area contributed by atoms with E-state index in [1.807, 2.05) is 0 Å². The number of carbonyl (C=O) groups excluding carboxylic acids is 1. The van der Waals surface area contributed by atoms with Gasteiger partial charge < -0.3 is 89.9 Å². The SMILES string of the molecule is CCCCCCCCCCCCCCCCCCCCCCCCCCCCCCCC(=O)NC(COC1OC(CO)C(OC2OC(CO)C(OC3OC(CO)C(O)C(O)C3O)C(O)C2O)C(O)C1O)C(O)CCCCCCCCCCCCCCCCCCCCCC. The van der Waals surface area contributed by atoms with Gasteiger partial charge in [-0.05, 0) is 12.8 Å². The van der Waals surface area contributed by atoms with Gasteiger partial charge >= 0.3 is 0 Å². The zero-order chi connectivity index (χ0) is 68.2. The van der Waals surface area contributed by atoms with Gasteiger partial charge in [-0.1, -0.05) is 322 Å². The lowest BCUT2D eigenvalue weighted by Crippen LogP contribution is -2.66. The molecule has 558 valence electrons. The zero-order valence-electron chi connectivity index (χ0n) is 59.5. The first kappa shape index (κ1) is 87.0. The molecule has 0 aromatic rings. The predicted octanol–water partition coefficient (Wildman–Crippen LogP) is 12.2. The summed E-state index contributed by atoms with van der Waals surface area (Å²) in [6.45, 7) is 1.87. The Balaban J connectivity index is 1.37. The highest BCUT2D eigenvalue weighted by molar-refractivity contribution is 5.76. The van der Waals surface area contributed by atoms with Crippen LogP contribution in [-0.4, -0.2) is 193 Å². The first-order valence-electron chi connectivity index (χ1n) is 39.3. The first-order chi connectivity index (χ1) is 45.8. The van der Waals surface area contributed by atoms with Crippen molar-refractivity contribution in [2.24, 2.45) is 0 Å². The summed E-state index contributed by atoms with van der Waals surface area (Å²) in [7, 11) is 0. The number of nitrogens with one attached hydrogen (secondary N) is 1. The Morgan fingerprint density at radius 2 is 0.606 bits per heavy atom. The molecule has 3 fully saturated rings. The van der Waals surface area contributed by atoms with E-state index in [1.54, 1.807) is 0 Å². The van der Waals surface area contributed by atoms with Gasteiger partial charge in [-0.15, -0.1) is 0 Å². The molecule has 0 aromatic heterocycles. The summed E-state index contributed by atoms with van der Waals surface area (Å²) >= 11 is 0. The van der Waals surface area contributed by atoms with Crippen molar-refractivity contribution < 1.29 is 89.4 Å². The second-order valence-corrected chi connectivity index (χ2v) is 28.5. The number of hydrogen-bond donors (Lipinski definition) is 12. The van der Waals surface area contributed by atoms with E-state index >= 15 is 0 Å². The van der Waals surface area contributed by atoms with Gasteiger partial charge in [-0.25, -0.2) is 0 Å². The largest absolute Gasteiger partial charge is 0.394 e. The fraction of sp³-hybridized carbons (Fsp3) is 0.987.